The number of hydrogen-bond acceptors (Lipinski definition) is 4. The normalized spacial score (nSPS) is 11.4. The van der Waals surface area contributed by atoms with Gasteiger partial charge in [-0.3, -0.25) is 9.88 Å². The first kappa shape index (κ1) is 21.7. The first-order chi connectivity index (χ1) is 16.0. The molecule has 0 aliphatic heterocycles. The second kappa shape index (κ2) is 9.74. The van der Waals surface area contributed by atoms with E-state index in [4.69, 9.17) is 9.15 Å². The SMILES string of the molecule is COC=Cc1ccc2c(c1)oc(=O)n2C/C=C/c1ccc(-c2ccccc2)c(NC(=O)O)c1. The highest BCUT2D eigenvalue weighted by Gasteiger charge is 2.10. The van der Waals surface area contributed by atoms with Crippen LogP contribution in [0, 0.1) is 0 Å². The van der Waals surface area contributed by atoms with Gasteiger partial charge in [0.2, 0.25) is 0 Å². The van der Waals surface area contributed by atoms with E-state index >= 15 is 0 Å². The molecule has 1 heterocycles. The van der Waals surface area contributed by atoms with E-state index in [9.17, 15) is 14.7 Å². The number of nitrogens with zero attached hydrogens (tertiary/aromatic N) is 1. The average molecular weight is 442 g/mol. The molecule has 2 N–H and O–H groups in total. The lowest BCUT2D eigenvalue weighted by atomic mass is 10.0. The number of rotatable bonds is 7. The van der Waals surface area contributed by atoms with Crippen molar-refractivity contribution in [2.45, 2.75) is 6.54 Å². The van der Waals surface area contributed by atoms with Gasteiger partial charge in [-0.2, -0.15) is 0 Å². The number of methoxy groups -OCH3 is 1. The highest BCUT2D eigenvalue weighted by Crippen LogP contribution is 2.29. The van der Waals surface area contributed by atoms with Crippen LogP contribution in [0.1, 0.15) is 11.1 Å². The Bertz CT molecular complexity index is 1400. The fourth-order valence-electron chi connectivity index (χ4n) is 3.55. The fourth-order valence-corrected chi connectivity index (χ4v) is 3.55. The number of oxazole rings is 1. The lowest BCUT2D eigenvalue weighted by Crippen LogP contribution is -2.12. The third-order valence-electron chi connectivity index (χ3n) is 5.06. The minimum Gasteiger partial charge on any atom is -0.504 e. The Balaban J connectivity index is 1.59. The average Bonchev–Trinajstić information content (AvgIpc) is 3.12. The van der Waals surface area contributed by atoms with Gasteiger partial charge in [-0.1, -0.05) is 60.7 Å². The molecule has 3 aromatic carbocycles. The fraction of sp³-hybridized carbons (Fsp3) is 0.0769. The summed E-state index contributed by atoms with van der Waals surface area (Å²) < 4.78 is 11.8. The standard InChI is InChI=1S/C26H22N2O5/c1-32-15-13-19-10-12-23-24(17-19)33-26(31)28(23)14-5-6-18-9-11-21(20-7-3-2-4-8-20)22(16-18)27-25(29)30/h2-13,15-17,27H,14H2,1H3,(H,29,30)/b6-5+,15-13?. The van der Waals surface area contributed by atoms with Gasteiger partial charge in [-0.05, 0) is 41.0 Å². The number of ether oxygens (including phenoxy) is 1. The van der Waals surface area contributed by atoms with E-state index in [1.165, 1.54) is 4.57 Å². The van der Waals surface area contributed by atoms with Crippen LogP contribution in [-0.4, -0.2) is 22.9 Å². The Kier molecular flexibility index (Phi) is 6.40. The second-order valence-electron chi connectivity index (χ2n) is 7.25. The maximum absolute atomic E-state index is 12.3. The summed E-state index contributed by atoms with van der Waals surface area (Å²) in [7, 11) is 1.56. The molecule has 0 saturated carbocycles. The van der Waals surface area contributed by atoms with Gasteiger partial charge in [0.05, 0.1) is 24.6 Å². The van der Waals surface area contributed by atoms with Crippen LogP contribution in [0.5, 0.6) is 0 Å². The van der Waals surface area contributed by atoms with Gasteiger partial charge in [0.25, 0.3) is 0 Å². The molecular formula is C26H22N2O5. The first-order valence-corrected chi connectivity index (χ1v) is 10.2. The van der Waals surface area contributed by atoms with Crippen LogP contribution >= 0.6 is 0 Å². The molecule has 7 nitrogen and oxygen atoms in total. The monoisotopic (exact) mass is 442 g/mol. The molecule has 1 aromatic heterocycles. The van der Waals surface area contributed by atoms with Crippen molar-refractivity contribution in [2.24, 2.45) is 0 Å². The van der Waals surface area contributed by atoms with Crippen molar-refractivity contribution in [3.05, 3.63) is 101 Å². The van der Waals surface area contributed by atoms with Crippen molar-refractivity contribution in [3.8, 4) is 11.1 Å². The molecule has 33 heavy (non-hydrogen) atoms. The Morgan fingerprint density at radius 1 is 1.06 bits per heavy atom. The summed E-state index contributed by atoms with van der Waals surface area (Å²) in [5.41, 5.74) is 5.01. The Hall–Kier alpha value is -4.52. The van der Waals surface area contributed by atoms with E-state index in [1.807, 2.05) is 66.7 Å². The zero-order valence-electron chi connectivity index (χ0n) is 17.9. The second-order valence-corrected chi connectivity index (χ2v) is 7.25. The van der Waals surface area contributed by atoms with Crippen LogP contribution in [0.25, 0.3) is 34.4 Å². The van der Waals surface area contributed by atoms with E-state index in [1.54, 1.807) is 31.6 Å². The molecule has 0 unspecified atom stereocenters. The van der Waals surface area contributed by atoms with Crippen LogP contribution in [0.2, 0.25) is 0 Å². The van der Waals surface area contributed by atoms with E-state index in [0.717, 1.165) is 22.3 Å². The van der Waals surface area contributed by atoms with E-state index in [2.05, 4.69) is 5.32 Å². The maximum atomic E-state index is 12.3. The van der Waals surface area contributed by atoms with Crippen LogP contribution in [-0.2, 0) is 11.3 Å². The van der Waals surface area contributed by atoms with Crippen LogP contribution < -0.4 is 11.1 Å². The molecular weight excluding hydrogens is 420 g/mol. The molecule has 0 spiro atoms. The third kappa shape index (κ3) is 5.04. The van der Waals surface area contributed by atoms with E-state index in [0.29, 0.717) is 23.3 Å². The summed E-state index contributed by atoms with van der Waals surface area (Å²) in [6, 6.07) is 20.6. The number of anilines is 1. The molecule has 0 atom stereocenters. The minimum atomic E-state index is -1.13. The van der Waals surface area contributed by atoms with Crippen LogP contribution in [0.3, 0.4) is 0 Å². The first-order valence-electron chi connectivity index (χ1n) is 10.2. The largest absolute Gasteiger partial charge is 0.504 e. The van der Waals surface area contributed by atoms with Crippen molar-refractivity contribution in [1.29, 1.82) is 0 Å². The molecule has 0 saturated heterocycles. The summed E-state index contributed by atoms with van der Waals surface area (Å²) in [5.74, 6) is -0.449. The van der Waals surface area contributed by atoms with Crippen molar-refractivity contribution >= 4 is 35.0 Å². The zero-order valence-corrected chi connectivity index (χ0v) is 17.9. The number of nitrogens with one attached hydrogen (secondary N) is 1. The molecule has 4 aromatic rings. The zero-order chi connectivity index (χ0) is 23.2. The molecule has 0 aliphatic carbocycles. The van der Waals surface area contributed by atoms with Gasteiger partial charge in [0.1, 0.15) is 0 Å². The molecule has 166 valence electrons. The topological polar surface area (TPSA) is 93.7 Å². The summed E-state index contributed by atoms with van der Waals surface area (Å²) in [5, 5.41) is 11.7. The third-order valence-corrected chi connectivity index (χ3v) is 5.06. The molecule has 0 bridgehead atoms. The lowest BCUT2D eigenvalue weighted by Gasteiger charge is -2.10. The predicted octanol–water partition coefficient (Wildman–Crippen LogP) is 5.68. The number of amides is 1. The molecule has 4 rings (SSSR count). The van der Waals surface area contributed by atoms with Gasteiger partial charge >= 0.3 is 11.8 Å². The smallest absolute Gasteiger partial charge is 0.420 e. The maximum Gasteiger partial charge on any atom is 0.420 e. The van der Waals surface area contributed by atoms with Crippen LogP contribution in [0.15, 0.2) is 88.3 Å². The summed E-state index contributed by atoms with van der Waals surface area (Å²) in [6.07, 6.45) is 5.86. The van der Waals surface area contributed by atoms with E-state index in [-0.39, 0.29) is 0 Å². The van der Waals surface area contributed by atoms with E-state index < -0.39 is 11.8 Å². The molecule has 0 radical (unpaired) electrons. The Morgan fingerprint density at radius 2 is 1.82 bits per heavy atom. The highest BCUT2D eigenvalue weighted by atomic mass is 16.5. The van der Waals surface area contributed by atoms with Gasteiger partial charge in [-0.25, -0.2) is 9.59 Å². The summed E-state index contributed by atoms with van der Waals surface area (Å²) in [6.45, 7) is 0.307. The number of aromatic nitrogens is 1. The predicted molar refractivity (Wildman–Crippen MR) is 129 cm³/mol. The molecule has 7 heteroatoms. The number of carbonyl (C=O) groups is 1. The van der Waals surface area contributed by atoms with Crippen molar-refractivity contribution in [2.75, 3.05) is 12.4 Å². The lowest BCUT2D eigenvalue weighted by molar-refractivity contribution is 0.210. The van der Waals surface area contributed by atoms with Crippen LogP contribution in [0.4, 0.5) is 10.5 Å². The Morgan fingerprint density at radius 3 is 2.58 bits per heavy atom. The number of allylic oxidation sites excluding steroid dienone is 1. The van der Waals surface area contributed by atoms with Gasteiger partial charge in [0.15, 0.2) is 5.58 Å². The molecule has 0 aliphatic rings. The minimum absolute atomic E-state index is 0.307. The quantitative estimate of drug-likeness (QED) is 0.359. The number of benzene rings is 3. The van der Waals surface area contributed by atoms with Crippen molar-refractivity contribution < 1.29 is 19.1 Å². The summed E-state index contributed by atoms with van der Waals surface area (Å²) >= 11 is 0. The van der Waals surface area contributed by atoms with Gasteiger partial charge < -0.3 is 14.3 Å². The Labute approximate surface area is 189 Å². The molecule has 1 amide bonds. The van der Waals surface area contributed by atoms with Crippen molar-refractivity contribution in [3.63, 3.8) is 0 Å². The summed E-state index contributed by atoms with van der Waals surface area (Å²) in [4.78, 5) is 23.6. The van der Waals surface area contributed by atoms with Gasteiger partial charge in [-0.15, -0.1) is 0 Å². The number of fused-ring (bicyclic) bond motifs is 1. The molecule has 0 fully saturated rings. The number of hydrogen-bond donors (Lipinski definition) is 2. The highest BCUT2D eigenvalue weighted by molar-refractivity contribution is 5.91. The number of carboxylic acid groups (broad SMARTS) is 1. The van der Waals surface area contributed by atoms with Gasteiger partial charge in [0, 0.05) is 12.1 Å². The van der Waals surface area contributed by atoms with Crippen molar-refractivity contribution in [1.82, 2.24) is 4.57 Å².